The number of thiophene rings is 1. The maximum Gasteiger partial charge on any atom is 0.277 e. The molecule has 1 fully saturated rings. The number of pyridine rings is 1. The van der Waals surface area contributed by atoms with Crippen molar-refractivity contribution in [3.8, 4) is 22.4 Å². The molecule has 3 heterocycles. The van der Waals surface area contributed by atoms with E-state index in [1.54, 1.807) is 24.5 Å². The van der Waals surface area contributed by atoms with Crippen molar-refractivity contribution in [2.75, 3.05) is 45.4 Å². The zero-order chi connectivity index (χ0) is 25.4. The molecule has 5 rings (SSSR count). The molecular formula is C28H31N3O4S. The highest BCUT2D eigenvalue weighted by Gasteiger charge is 2.37. The summed E-state index contributed by atoms with van der Waals surface area (Å²) in [5, 5.41) is 2.34. The summed E-state index contributed by atoms with van der Waals surface area (Å²) in [6.45, 7) is 7.31. The van der Waals surface area contributed by atoms with Crippen molar-refractivity contribution in [2.24, 2.45) is 5.41 Å². The van der Waals surface area contributed by atoms with Gasteiger partial charge in [-0.15, -0.1) is 11.3 Å². The molecule has 0 atom stereocenters. The second kappa shape index (κ2) is 9.76. The van der Waals surface area contributed by atoms with Gasteiger partial charge in [-0.2, -0.15) is 0 Å². The first-order valence-electron chi connectivity index (χ1n) is 12.2. The van der Waals surface area contributed by atoms with E-state index in [-0.39, 0.29) is 17.1 Å². The quantitative estimate of drug-likeness (QED) is 0.449. The predicted molar refractivity (Wildman–Crippen MR) is 142 cm³/mol. The molecule has 36 heavy (non-hydrogen) atoms. The van der Waals surface area contributed by atoms with Crippen LogP contribution in [0.25, 0.3) is 22.4 Å². The number of amides is 1. The lowest BCUT2D eigenvalue weighted by molar-refractivity contribution is -0.0756. The average Bonchev–Trinajstić information content (AvgIpc) is 3.27. The molecule has 1 saturated heterocycles. The first-order chi connectivity index (χ1) is 17.3. The van der Waals surface area contributed by atoms with Gasteiger partial charge in [-0.05, 0) is 47.2 Å². The minimum atomic E-state index is -0.224. The molecule has 2 aliphatic rings. The van der Waals surface area contributed by atoms with Crippen LogP contribution in [0, 0.1) is 5.41 Å². The lowest BCUT2D eigenvalue weighted by Crippen LogP contribution is -2.36. The summed E-state index contributed by atoms with van der Waals surface area (Å²) in [7, 11) is 3.05. The number of hydrogen-bond acceptors (Lipinski definition) is 7. The van der Waals surface area contributed by atoms with Crippen LogP contribution in [-0.4, -0.2) is 62.2 Å². The van der Waals surface area contributed by atoms with Crippen LogP contribution in [0.3, 0.4) is 0 Å². The number of ether oxygens (including phenoxy) is 1. The number of hydroxylamine groups is 2. The van der Waals surface area contributed by atoms with E-state index >= 15 is 0 Å². The third-order valence-electron chi connectivity index (χ3n) is 6.85. The Morgan fingerprint density at radius 3 is 2.67 bits per heavy atom. The second-order valence-corrected chi connectivity index (χ2v) is 11.1. The number of fused-ring (bicyclic) bond motifs is 1. The number of benzene rings is 1. The molecule has 1 amide bonds. The van der Waals surface area contributed by atoms with Crippen LogP contribution >= 0.6 is 11.3 Å². The lowest BCUT2D eigenvalue weighted by Gasteiger charge is -2.30. The summed E-state index contributed by atoms with van der Waals surface area (Å²) < 4.78 is 5.60. The van der Waals surface area contributed by atoms with Crippen LogP contribution < -0.4 is 4.90 Å². The van der Waals surface area contributed by atoms with Crippen molar-refractivity contribution >= 4 is 28.0 Å². The van der Waals surface area contributed by atoms with Gasteiger partial charge in [0.25, 0.3) is 5.91 Å². The molecule has 0 saturated carbocycles. The number of carbonyl (C=O) groups excluding carboxylic acids is 2. The van der Waals surface area contributed by atoms with Crippen molar-refractivity contribution in [1.29, 1.82) is 0 Å². The molecule has 2 aromatic heterocycles. The Balaban J connectivity index is 1.61. The van der Waals surface area contributed by atoms with Crippen LogP contribution in [0.4, 0.5) is 5.00 Å². The zero-order valence-corrected chi connectivity index (χ0v) is 22.0. The standard InChI is InChI=1S/C28H31N3O4S/c1-28(2)16-21-24(27(31-10-12-35-13-11-31)36-25(21)23(32)17-28)19-8-9-29-22(15-19)18-6-5-7-20(14-18)26(33)30(3)34-4/h5-9,14-15H,10-13,16-17H2,1-4H3. The number of nitrogens with zero attached hydrogens (tertiary/aromatic N) is 3. The Morgan fingerprint density at radius 1 is 1.14 bits per heavy atom. The Bertz CT molecular complexity index is 1310. The molecule has 0 radical (unpaired) electrons. The van der Waals surface area contributed by atoms with Crippen LogP contribution in [0.1, 0.15) is 45.9 Å². The van der Waals surface area contributed by atoms with E-state index in [0.717, 1.165) is 57.3 Å². The van der Waals surface area contributed by atoms with Gasteiger partial charge in [0.05, 0.1) is 35.9 Å². The smallest absolute Gasteiger partial charge is 0.277 e. The minimum Gasteiger partial charge on any atom is -0.378 e. The normalized spacial score (nSPS) is 17.1. The fourth-order valence-electron chi connectivity index (χ4n) is 5.01. The van der Waals surface area contributed by atoms with Gasteiger partial charge < -0.3 is 9.64 Å². The maximum atomic E-state index is 13.2. The molecule has 7 nitrogen and oxygen atoms in total. The van der Waals surface area contributed by atoms with E-state index in [1.807, 2.05) is 30.5 Å². The molecule has 1 aliphatic carbocycles. The third kappa shape index (κ3) is 4.68. The Labute approximate surface area is 215 Å². The van der Waals surface area contributed by atoms with E-state index < -0.39 is 0 Å². The monoisotopic (exact) mass is 505 g/mol. The van der Waals surface area contributed by atoms with Gasteiger partial charge in [0.2, 0.25) is 0 Å². The molecule has 0 spiro atoms. The Hall–Kier alpha value is -3.07. The van der Waals surface area contributed by atoms with Crippen molar-refractivity contribution in [3.05, 3.63) is 58.6 Å². The van der Waals surface area contributed by atoms with Crippen molar-refractivity contribution in [3.63, 3.8) is 0 Å². The first-order valence-corrected chi connectivity index (χ1v) is 13.0. The number of aromatic nitrogens is 1. The Morgan fingerprint density at radius 2 is 1.92 bits per heavy atom. The fraction of sp³-hybridized carbons (Fsp3) is 0.393. The van der Waals surface area contributed by atoms with Gasteiger partial charge in [-0.25, -0.2) is 5.06 Å². The number of ketones is 1. The highest BCUT2D eigenvalue weighted by molar-refractivity contribution is 7.19. The van der Waals surface area contributed by atoms with Gasteiger partial charge in [-0.1, -0.05) is 26.0 Å². The number of Topliss-reactive ketones (excluding diaryl/α,β-unsaturated/α-hetero) is 1. The number of rotatable bonds is 5. The summed E-state index contributed by atoms with van der Waals surface area (Å²) in [6.07, 6.45) is 3.24. The van der Waals surface area contributed by atoms with Gasteiger partial charge in [0.15, 0.2) is 5.78 Å². The molecule has 0 unspecified atom stereocenters. The number of morpholine rings is 1. The van der Waals surface area contributed by atoms with Crippen LogP contribution in [0.2, 0.25) is 0 Å². The fourth-order valence-corrected chi connectivity index (χ4v) is 6.34. The number of hydrogen-bond donors (Lipinski definition) is 0. The topological polar surface area (TPSA) is 72.0 Å². The molecule has 8 heteroatoms. The summed E-state index contributed by atoms with van der Waals surface area (Å²) in [5.41, 5.74) is 5.38. The summed E-state index contributed by atoms with van der Waals surface area (Å²) >= 11 is 1.62. The van der Waals surface area contributed by atoms with Crippen LogP contribution in [0.5, 0.6) is 0 Å². The van der Waals surface area contributed by atoms with Gasteiger partial charge >= 0.3 is 0 Å². The second-order valence-electron chi connectivity index (χ2n) is 10.1. The van der Waals surface area contributed by atoms with Gasteiger partial charge in [0.1, 0.15) is 0 Å². The average molecular weight is 506 g/mol. The van der Waals surface area contributed by atoms with E-state index in [4.69, 9.17) is 9.57 Å². The molecule has 1 aliphatic heterocycles. The lowest BCUT2D eigenvalue weighted by atomic mass is 9.75. The Kier molecular flexibility index (Phi) is 6.68. The van der Waals surface area contributed by atoms with E-state index in [0.29, 0.717) is 25.2 Å². The highest BCUT2D eigenvalue weighted by atomic mass is 32.1. The molecule has 3 aromatic rings. The number of anilines is 1. The van der Waals surface area contributed by atoms with Crippen molar-refractivity contribution in [2.45, 2.75) is 26.7 Å². The molecular weight excluding hydrogens is 474 g/mol. The first kappa shape index (κ1) is 24.6. The van der Waals surface area contributed by atoms with Gasteiger partial charge in [-0.3, -0.25) is 19.4 Å². The SMILES string of the molecule is CON(C)C(=O)c1cccc(-c2cc(-c3c(N4CCOCC4)sc4c3CC(C)(C)CC4=O)ccn2)c1. The zero-order valence-electron chi connectivity index (χ0n) is 21.2. The molecule has 188 valence electrons. The number of carbonyl (C=O) groups is 2. The van der Waals surface area contributed by atoms with Crippen molar-refractivity contribution < 1.29 is 19.2 Å². The van der Waals surface area contributed by atoms with E-state index in [1.165, 1.54) is 12.2 Å². The molecule has 0 N–H and O–H groups in total. The van der Waals surface area contributed by atoms with E-state index in [2.05, 4.69) is 29.8 Å². The highest BCUT2D eigenvalue weighted by Crippen LogP contribution is 2.49. The maximum absolute atomic E-state index is 13.2. The van der Waals surface area contributed by atoms with Crippen LogP contribution in [-0.2, 0) is 16.0 Å². The third-order valence-corrected chi connectivity index (χ3v) is 8.18. The minimum absolute atomic E-state index is 0.0832. The summed E-state index contributed by atoms with van der Waals surface area (Å²) in [5.74, 6) is 0.00696. The van der Waals surface area contributed by atoms with E-state index in [9.17, 15) is 9.59 Å². The molecule has 1 aromatic carbocycles. The molecule has 0 bridgehead atoms. The largest absolute Gasteiger partial charge is 0.378 e. The van der Waals surface area contributed by atoms with Gasteiger partial charge in [0, 0.05) is 49.4 Å². The summed E-state index contributed by atoms with van der Waals surface area (Å²) in [6, 6.07) is 11.5. The summed E-state index contributed by atoms with van der Waals surface area (Å²) in [4.78, 5) is 38.7. The van der Waals surface area contributed by atoms with Crippen molar-refractivity contribution in [1.82, 2.24) is 10.0 Å². The van der Waals surface area contributed by atoms with Crippen LogP contribution in [0.15, 0.2) is 42.6 Å². The predicted octanol–water partition coefficient (Wildman–Crippen LogP) is 5.10.